The number of hydrogen-bond acceptors (Lipinski definition) is 0. The summed E-state index contributed by atoms with van der Waals surface area (Å²) in [6.45, 7) is 14.3. The zero-order chi connectivity index (χ0) is 19.8. The van der Waals surface area contributed by atoms with Gasteiger partial charge in [0.1, 0.15) is 0 Å². The van der Waals surface area contributed by atoms with Crippen LogP contribution in [0.2, 0.25) is 0 Å². The van der Waals surface area contributed by atoms with Crippen molar-refractivity contribution in [1.29, 1.82) is 0 Å². The topological polar surface area (TPSA) is 0 Å². The molecule has 3 aliphatic rings. The first-order chi connectivity index (χ1) is 13.3. The monoisotopic (exact) mass is 366 g/mol. The summed E-state index contributed by atoms with van der Waals surface area (Å²) in [5, 5.41) is 0. The van der Waals surface area contributed by atoms with Crippen molar-refractivity contribution in [3.05, 3.63) is 105 Å². The molecule has 0 atom stereocenters. The predicted octanol–water partition coefficient (Wildman–Crippen LogP) is 7.27. The summed E-state index contributed by atoms with van der Waals surface area (Å²) in [7, 11) is 0. The Labute approximate surface area is 169 Å². The van der Waals surface area contributed by atoms with E-state index in [-0.39, 0.29) is 10.8 Å². The Morgan fingerprint density at radius 2 is 0.893 bits per heavy atom. The number of hydrogen-bond donors (Lipinski definition) is 0. The van der Waals surface area contributed by atoms with Crippen LogP contribution in [0.5, 0.6) is 0 Å². The van der Waals surface area contributed by atoms with Crippen molar-refractivity contribution in [3.63, 3.8) is 0 Å². The Morgan fingerprint density at radius 1 is 0.500 bits per heavy atom. The summed E-state index contributed by atoms with van der Waals surface area (Å²) in [4.78, 5) is 0. The van der Waals surface area contributed by atoms with Crippen molar-refractivity contribution in [3.8, 4) is 0 Å². The lowest BCUT2D eigenvalue weighted by Crippen LogP contribution is -2.49. The molecule has 0 aliphatic heterocycles. The van der Waals surface area contributed by atoms with E-state index in [1.54, 1.807) is 11.1 Å². The minimum absolute atomic E-state index is 0.0885. The summed E-state index contributed by atoms with van der Waals surface area (Å²) < 4.78 is 0. The number of benzene rings is 3. The summed E-state index contributed by atoms with van der Waals surface area (Å²) in [6.07, 6.45) is 0. The zero-order valence-corrected chi connectivity index (χ0v) is 17.9. The second-order valence-corrected chi connectivity index (χ2v) is 9.64. The van der Waals surface area contributed by atoms with Gasteiger partial charge in [-0.15, -0.1) is 0 Å². The van der Waals surface area contributed by atoms with Gasteiger partial charge in [0, 0.05) is 10.8 Å². The molecule has 0 heteroatoms. The van der Waals surface area contributed by atoms with E-state index in [9.17, 15) is 0 Å². The van der Waals surface area contributed by atoms with Crippen LogP contribution in [0.4, 0.5) is 0 Å². The van der Waals surface area contributed by atoms with Gasteiger partial charge in [-0.2, -0.15) is 0 Å². The smallest absolute Gasteiger partial charge is 0.0438 e. The zero-order valence-electron chi connectivity index (χ0n) is 17.9. The largest absolute Gasteiger partial charge is 0.0619 e. The lowest BCUT2D eigenvalue weighted by molar-refractivity contribution is 0.497. The van der Waals surface area contributed by atoms with Crippen LogP contribution in [0.3, 0.4) is 0 Å². The average Bonchev–Trinajstić information content (AvgIpc) is 2.70. The van der Waals surface area contributed by atoms with E-state index in [4.69, 9.17) is 0 Å². The molecule has 0 nitrogen and oxygen atoms in total. The van der Waals surface area contributed by atoms with Gasteiger partial charge in [-0.3, -0.25) is 0 Å². The normalized spacial score (nSPS) is 24.3. The molecule has 0 aromatic heterocycles. The van der Waals surface area contributed by atoms with Gasteiger partial charge < -0.3 is 0 Å². The summed E-state index contributed by atoms with van der Waals surface area (Å²) in [5.41, 5.74) is 11.9. The van der Waals surface area contributed by atoms with Crippen molar-refractivity contribution >= 4 is 0 Å². The molecule has 0 unspecified atom stereocenters. The maximum absolute atomic E-state index is 2.49. The Balaban J connectivity index is 2.03. The van der Waals surface area contributed by atoms with Crippen LogP contribution in [-0.4, -0.2) is 0 Å². The van der Waals surface area contributed by atoms with Crippen LogP contribution in [0, 0.1) is 0 Å². The van der Waals surface area contributed by atoms with E-state index in [1.807, 2.05) is 0 Å². The van der Waals surface area contributed by atoms with Crippen LogP contribution < -0.4 is 0 Å². The highest BCUT2D eigenvalue weighted by Gasteiger charge is 2.56. The number of rotatable bonds is 2. The molecule has 3 aliphatic carbocycles. The van der Waals surface area contributed by atoms with E-state index < -0.39 is 0 Å². The van der Waals surface area contributed by atoms with E-state index in [2.05, 4.69) is 102 Å². The minimum Gasteiger partial charge on any atom is -0.0619 e. The molecule has 0 heterocycles. The van der Waals surface area contributed by atoms with Gasteiger partial charge in [-0.25, -0.2) is 0 Å². The van der Waals surface area contributed by atoms with Crippen LogP contribution >= 0.6 is 0 Å². The molecule has 28 heavy (non-hydrogen) atoms. The molecule has 0 radical (unpaired) electrons. The lowest BCUT2D eigenvalue weighted by atomic mass is 9.46. The van der Waals surface area contributed by atoms with Gasteiger partial charge in [0.2, 0.25) is 0 Å². The molecule has 3 aromatic rings. The van der Waals surface area contributed by atoms with Gasteiger partial charge in [0.25, 0.3) is 0 Å². The van der Waals surface area contributed by atoms with Crippen molar-refractivity contribution in [2.24, 2.45) is 0 Å². The molecule has 2 bridgehead atoms. The van der Waals surface area contributed by atoms with Crippen LogP contribution in [0.1, 0.15) is 97.9 Å². The minimum atomic E-state index is -0.0965. The van der Waals surface area contributed by atoms with Gasteiger partial charge in [-0.1, -0.05) is 88.4 Å². The molecular weight excluding hydrogens is 336 g/mol. The van der Waals surface area contributed by atoms with E-state index in [1.165, 1.54) is 33.4 Å². The molecule has 0 spiro atoms. The van der Waals surface area contributed by atoms with Crippen molar-refractivity contribution in [2.75, 3.05) is 0 Å². The highest BCUT2D eigenvalue weighted by atomic mass is 14.6. The molecule has 3 aromatic carbocycles. The maximum Gasteiger partial charge on any atom is 0.0438 e. The van der Waals surface area contributed by atoms with Gasteiger partial charge in [-0.05, 0) is 70.2 Å². The molecule has 0 amide bonds. The quantitative estimate of drug-likeness (QED) is 0.447. The van der Waals surface area contributed by atoms with Gasteiger partial charge in [0.05, 0.1) is 0 Å². The first-order valence-electron chi connectivity index (χ1n) is 10.7. The van der Waals surface area contributed by atoms with Crippen LogP contribution in [0.25, 0.3) is 0 Å². The van der Waals surface area contributed by atoms with E-state index in [0.29, 0.717) is 11.8 Å². The molecule has 0 saturated heterocycles. The third kappa shape index (κ3) is 1.87. The fourth-order valence-corrected chi connectivity index (χ4v) is 6.24. The maximum atomic E-state index is 2.49. The molecule has 6 rings (SSSR count). The first-order valence-corrected chi connectivity index (χ1v) is 10.7. The van der Waals surface area contributed by atoms with Gasteiger partial charge in [0.15, 0.2) is 0 Å². The van der Waals surface area contributed by atoms with Crippen LogP contribution in [0.15, 0.2) is 60.7 Å². The molecule has 0 N–H and O–H groups in total. The predicted molar refractivity (Wildman–Crippen MR) is 119 cm³/mol. The van der Waals surface area contributed by atoms with Crippen molar-refractivity contribution < 1.29 is 0 Å². The molecule has 142 valence electrons. The van der Waals surface area contributed by atoms with E-state index in [0.717, 1.165) is 0 Å². The van der Waals surface area contributed by atoms with Crippen LogP contribution in [-0.2, 0) is 10.8 Å². The Hall–Kier alpha value is -2.34. The highest BCUT2D eigenvalue weighted by molar-refractivity contribution is 5.77. The second-order valence-electron chi connectivity index (χ2n) is 9.64. The first kappa shape index (κ1) is 17.7. The Kier molecular flexibility index (Phi) is 3.55. The fraction of sp³-hybridized carbons (Fsp3) is 0.357. The molecule has 0 saturated carbocycles. The highest BCUT2D eigenvalue weighted by Crippen LogP contribution is 2.63. The Morgan fingerprint density at radius 3 is 1.32 bits per heavy atom. The fourth-order valence-electron chi connectivity index (χ4n) is 6.24. The van der Waals surface area contributed by atoms with E-state index >= 15 is 0 Å². The lowest BCUT2D eigenvalue weighted by Gasteiger charge is -2.56. The molecular formula is C28H30. The average molecular weight is 367 g/mol. The Bertz CT molecular complexity index is 1040. The van der Waals surface area contributed by atoms with Crippen molar-refractivity contribution in [1.82, 2.24) is 0 Å². The van der Waals surface area contributed by atoms with Crippen molar-refractivity contribution in [2.45, 2.75) is 64.2 Å². The summed E-state index contributed by atoms with van der Waals surface area (Å²) >= 11 is 0. The third-order valence-electron chi connectivity index (χ3n) is 7.52. The van der Waals surface area contributed by atoms with Gasteiger partial charge >= 0.3 is 0 Å². The summed E-state index contributed by atoms with van der Waals surface area (Å²) in [5.74, 6) is 1.02. The second kappa shape index (κ2) is 5.60. The third-order valence-corrected chi connectivity index (χ3v) is 7.52. The summed E-state index contributed by atoms with van der Waals surface area (Å²) in [6, 6.07) is 23.2. The molecule has 0 fully saturated rings. The standard InChI is InChI=1S/C28H30/c1-17(2)19-11-9-15-23-25(19)28(6)22-14-8-7-13-21(22)27(23,5)24-16-10-12-20(18(3)4)26(24)28/h7-18H,1-6H3. The SMILES string of the molecule is CC(C)c1cccc2c1C1(C)c3ccccc3C2(C)c2cccc(C(C)C)c21.